The molecule has 1 saturated heterocycles. The van der Waals surface area contributed by atoms with E-state index in [0.29, 0.717) is 29.5 Å². The zero-order valence-electron chi connectivity index (χ0n) is 19.6. The van der Waals surface area contributed by atoms with Crippen LogP contribution < -0.4 is 10.2 Å². The summed E-state index contributed by atoms with van der Waals surface area (Å²) < 4.78 is 17.1. The van der Waals surface area contributed by atoms with Crippen molar-refractivity contribution in [3.8, 4) is 0 Å². The number of aromatic nitrogens is 4. The normalized spacial score (nSPS) is 15.3. The molecule has 0 amide bonds. The summed E-state index contributed by atoms with van der Waals surface area (Å²) in [5.41, 5.74) is 2.49. The molecule has 1 fully saturated rings. The van der Waals surface area contributed by atoms with Crippen LogP contribution in [0.2, 0.25) is 0 Å². The van der Waals surface area contributed by atoms with Gasteiger partial charge in [-0.15, -0.1) is 0 Å². The number of benzene rings is 1. The van der Waals surface area contributed by atoms with Gasteiger partial charge in [0, 0.05) is 48.3 Å². The second-order valence-corrected chi connectivity index (χ2v) is 9.26. The van der Waals surface area contributed by atoms with Crippen LogP contribution in [0, 0.1) is 5.95 Å². The SMILES string of the molecule is CC(C)n1ccc2ccc3cnc(Nc4ccc(N5CCC(N(C)C)CC5)c(F)n4)nc3c21. The predicted octanol–water partition coefficient (Wildman–Crippen LogP) is 4.97. The second kappa shape index (κ2) is 8.59. The van der Waals surface area contributed by atoms with Gasteiger partial charge < -0.3 is 19.7 Å². The largest absolute Gasteiger partial charge is 0.368 e. The van der Waals surface area contributed by atoms with Gasteiger partial charge in [-0.3, -0.25) is 0 Å². The molecule has 4 heterocycles. The van der Waals surface area contributed by atoms with Gasteiger partial charge in [-0.1, -0.05) is 12.1 Å². The lowest BCUT2D eigenvalue weighted by Crippen LogP contribution is -2.42. The van der Waals surface area contributed by atoms with Gasteiger partial charge in [0.25, 0.3) is 0 Å². The lowest BCUT2D eigenvalue weighted by atomic mass is 10.0. The van der Waals surface area contributed by atoms with Crippen molar-refractivity contribution < 1.29 is 4.39 Å². The number of halogens is 1. The summed E-state index contributed by atoms with van der Waals surface area (Å²) in [7, 11) is 4.20. The van der Waals surface area contributed by atoms with Gasteiger partial charge >= 0.3 is 0 Å². The molecule has 0 bridgehead atoms. The molecule has 0 unspecified atom stereocenters. The Bertz CT molecular complexity index is 1290. The number of hydrogen-bond donors (Lipinski definition) is 1. The molecule has 0 radical (unpaired) electrons. The summed E-state index contributed by atoms with van der Waals surface area (Å²) in [4.78, 5) is 17.7. The quantitative estimate of drug-likeness (QED) is 0.436. The van der Waals surface area contributed by atoms with E-state index in [1.807, 2.05) is 6.07 Å². The van der Waals surface area contributed by atoms with Crippen molar-refractivity contribution in [2.75, 3.05) is 37.4 Å². The maximum Gasteiger partial charge on any atom is 0.238 e. The first-order valence-electron chi connectivity index (χ1n) is 11.5. The van der Waals surface area contributed by atoms with Crippen molar-refractivity contribution in [3.63, 3.8) is 0 Å². The van der Waals surface area contributed by atoms with E-state index in [1.165, 1.54) is 0 Å². The van der Waals surface area contributed by atoms with E-state index in [4.69, 9.17) is 4.98 Å². The predicted molar refractivity (Wildman–Crippen MR) is 132 cm³/mol. The first-order valence-corrected chi connectivity index (χ1v) is 11.5. The van der Waals surface area contributed by atoms with Crippen molar-refractivity contribution in [1.29, 1.82) is 0 Å². The Kier molecular flexibility index (Phi) is 5.62. The second-order valence-electron chi connectivity index (χ2n) is 9.26. The van der Waals surface area contributed by atoms with E-state index >= 15 is 0 Å². The molecule has 33 heavy (non-hydrogen) atoms. The molecule has 1 aliphatic heterocycles. The summed E-state index contributed by atoms with van der Waals surface area (Å²) in [5, 5.41) is 5.18. The van der Waals surface area contributed by atoms with Gasteiger partial charge in [0.15, 0.2) is 0 Å². The lowest BCUT2D eigenvalue weighted by Gasteiger charge is -2.36. The first-order chi connectivity index (χ1) is 15.9. The highest BCUT2D eigenvalue weighted by Gasteiger charge is 2.23. The Labute approximate surface area is 193 Å². The Balaban J connectivity index is 1.40. The van der Waals surface area contributed by atoms with E-state index in [9.17, 15) is 4.39 Å². The Morgan fingerprint density at radius 3 is 2.48 bits per heavy atom. The minimum Gasteiger partial charge on any atom is -0.368 e. The standard InChI is InChI=1S/C25H30FN7/c1-16(2)33-14-9-17-5-6-18-15-27-25(30-22(18)23(17)33)29-21-8-7-20(24(26)28-21)32-12-10-19(11-13-32)31(3)4/h5-9,14-16,19H,10-13H2,1-4H3,(H,27,28,29,30). The topological polar surface area (TPSA) is 62.1 Å². The molecular weight excluding hydrogens is 417 g/mol. The van der Waals surface area contributed by atoms with Crippen molar-refractivity contribution in [2.24, 2.45) is 0 Å². The van der Waals surface area contributed by atoms with Gasteiger partial charge in [0.1, 0.15) is 11.3 Å². The van der Waals surface area contributed by atoms with Crippen LogP contribution in [0.15, 0.2) is 42.7 Å². The average Bonchev–Trinajstić information content (AvgIpc) is 3.24. The van der Waals surface area contributed by atoms with E-state index in [0.717, 1.165) is 47.7 Å². The monoisotopic (exact) mass is 447 g/mol. The van der Waals surface area contributed by atoms with Crippen LogP contribution in [0.4, 0.5) is 21.8 Å². The number of nitrogens with one attached hydrogen (secondary N) is 1. The molecule has 0 saturated carbocycles. The molecule has 4 aromatic rings. The number of pyridine rings is 1. The third-order valence-electron chi connectivity index (χ3n) is 6.59. The molecule has 0 aliphatic carbocycles. The summed E-state index contributed by atoms with van der Waals surface area (Å²) in [6.45, 7) is 5.95. The van der Waals surface area contributed by atoms with E-state index in [-0.39, 0.29) is 0 Å². The minimum absolute atomic E-state index is 0.311. The molecule has 0 atom stereocenters. The van der Waals surface area contributed by atoms with Gasteiger partial charge in [0.2, 0.25) is 11.9 Å². The van der Waals surface area contributed by atoms with E-state index < -0.39 is 5.95 Å². The van der Waals surface area contributed by atoms with Crippen LogP contribution in [0.25, 0.3) is 21.8 Å². The molecular formula is C25H30FN7. The molecule has 5 rings (SSSR count). The fraction of sp³-hybridized carbons (Fsp3) is 0.400. The molecule has 1 N–H and O–H groups in total. The van der Waals surface area contributed by atoms with Crippen molar-refractivity contribution >= 4 is 39.3 Å². The minimum atomic E-state index is -0.472. The Morgan fingerprint density at radius 1 is 1.03 bits per heavy atom. The van der Waals surface area contributed by atoms with Crippen LogP contribution in [-0.2, 0) is 0 Å². The average molecular weight is 448 g/mol. The highest BCUT2D eigenvalue weighted by molar-refractivity contribution is 6.03. The molecule has 3 aromatic heterocycles. The molecule has 172 valence electrons. The molecule has 7 nitrogen and oxygen atoms in total. The molecule has 0 spiro atoms. The van der Waals surface area contributed by atoms with E-state index in [1.54, 1.807) is 18.3 Å². The van der Waals surface area contributed by atoms with Crippen LogP contribution >= 0.6 is 0 Å². The summed E-state index contributed by atoms with van der Waals surface area (Å²) in [6.07, 6.45) is 5.91. The lowest BCUT2D eigenvalue weighted by molar-refractivity contribution is 0.249. The van der Waals surface area contributed by atoms with Gasteiger partial charge in [-0.05, 0) is 59.0 Å². The van der Waals surface area contributed by atoms with Crippen LogP contribution in [0.5, 0.6) is 0 Å². The zero-order valence-corrected chi connectivity index (χ0v) is 19.6. The molecule has 8 heteroatoms. The smallest absolute Gasteiger partial charge is 0.238 e. The van der Waals surface area contributed by atoms with Gasteiger partial charge in [-0.25, -0.2) is 15.0 Å². The van der Waals surface area contributed by atoms with Crippen LogP contribution in [0.3, 0.4) is 0 Å². The van der Waals surface area contributed by atoms with Crippen molar-refractivity contribution in [3.05, 3.63) is 48.7 Å². The maximum atomic E-state index is 14.9. The maximum absolute atomic E-state index is 14.9. The Hall–Kier alpha value is -3.26. The van der Waals surface area contributed by atoms with Crippen molar-refractivity contribution in [1.82, 2.24) is 24.4 Å². The van der Waals surface area contributed by atoms with Gasteiger partial charge in [-0.2, -0.15) is 4.39 Å². The number of piperidine rings is 1. The van der Waals surface area contributed by atoms with Gasteiger partial charge in [0.05, 0.1) is 11.2 Å². The highest BCUT2D eigenvalue weighted by atomic mass is 19.1. The van der Waals surface area contributed by atoms with Crippen LogP contribution in [0.1, 0.15) is 32.7 Å². The zero-order chi connectivity index (χ0) is 23.1. The summed E-state index contributed by atoms with van der Waals surface area (Å²) in [6, 6.07) is 10.7. The molecule has 1 aromatic carbocycles. The molecule has 1 aliphatic rings. The number of anilines is 3. The highest BCUT2D eigenvalue weighted by Crippen LogP contribution is 2.29. The van der Waals surface area contributed by atoms with Crippen LogP contribution in [-0.4, -0.2) is 57.6 Å². The Morgan fingerprint density at radius 2 is 1.79 bits per heavy atom. The fourth-order valence-electron chi connectivity index (χ4n) is 4.70. The first kappa shape index (κ1) is 21.6. The summed E-state index contributed by atoms with van der Waals surface area (Å²) >= 11 is 0. The fourth-order valence-corrected chi connectivity index (χ4v) is 4.70. The van der Waals surface area contributed by atoms with E-state index in [2.05, 4.69) is 75.9 Å². The number of hydrogen-bond acceptors (Lipinski definition) is 6. The third kappa shape index (κ3) is 4.11. The number of nitrogens with zero attached hydrogens (tertiary/aromatic N) is 6. The number of fused-ring (bicyclic) bond motifs is 3. The summed E-state index contributed by atoms with van der Waals surface area (Å²) in [5.74, 6) is 0.323. The third-order valence-corrected chi connectivity index (χ3v) is 6.59. The van der Waals surface area contributed by atoms with Crippen molar-refractivity contribution in [2.45, 2.75) is 38.8 Å². The number of rotatable bonds is 5.